The second kappa shape index (κ2) is 8.59. The van der Waals surface area contributed by atoms with Crippen LogP contribution in [0.4, 0.5) is 14.5 Å². The number of nitrogens with zero attached hydrogens (tertiary/aromatic N) is 1. The van der Waals surface area contributed by atoms with E-state index in [9.17, 15) is 18.6 Å². The highest BCUT2D eigenvalue weighted by atomic mass is 35.5. The summed E-state index contributed by atoms with van der Waals surface area (Å²) in [6.07, 6.45) is 0. The fourth-order valence-electron chi connectivity index (χ4n) is 1.81. The van der Waals surface area contributed by atoms with Crippen molar-refractivity contribution in [2.24, 2.45) is 0 Å². The van der Waals surface area contributed by atoms with E-state index in [0.717, 1.165) is 5.56 Å². The fraction of sp³-hybridized carbons (Fsp3) is 0.400. The van der Waals surface area contributed by atoms with Crippen LogP contribution in [0.15, 0.2) is 35.3 Å². The number of nitriles is 1. The molecule has 0 amide bonds. The lowest BCUT2D eigenvalue weighted by Crippen LogP contribution is -2.21. The molecule has 1 rings (SSSR count). The molecule has 9 heteroatoms. The number of aryl methyl sites for hydroxylation is 1. The summed E-state index contributed by atoms with van der Waals surface area (Å²) in [6, 6.07) is 7.91. The summed E-state index contributed by atoms with van der Waals surface area (Å²) in [5.74, 6) is 0. The minimum Gasteiger partial charge on any atom is -0.352 e. The minimum atomic E-state index is -4.24. The summed E-state index contributed by atoms with van der Waals surface area (Å²) in [5.41, 5.74) is 0.141. The Morgan fingerprint density at radius 3 is 2.17 bits per heavy atom. The predicted molar refractivity (Wildman–Crippen MR) is 89.1 cm³/mol. The van der Waals surface area contributed by atoms with Gasteiger partial charge in [-0.15, -0.1) is 0 Å². The van der Waals surface area contributed by atoms with E-state index >= 15 is 0 Å². The van der Waals surface area contributed by atoms with E-state index in [1.54, 1.807) is 12.1 Å². The van der Waals surface area contributed by atoms with Crippen molar-refractivity contribution in [3.63, 3.8) is 0 Å². The van der Waals surface area contributed by atoms with Crippen LogP contribution in [-0.4, -0.2) is 18.6 Å². The Morgan fingerprint density at radius 1 is 1.29 bits per heavy atom. The van der Waals surface area contributed by atoms with Crippen LogP contribution >= 0.6 is 19.2 Å². The van der Waals surface area contributed by atoms with Gasteiger partial charge in [0.1, 0.15) is 11.8 Å². The number of benzene rings is 1. The van der Waals surface area contributed by atoms with Crippen molar-refractivity contribution in [1.29, 1.82) is 5.26 Å². The molecule has 0 unspecified atom stereocenters. The van der Waals surface area contributed by atoms with Gasteiger partial charge in [0, 0.05) is 5.69 Å². The van der Waals surface area contributed by atoms with Crippen molar-refractivity contribution in [3.05, 3.63) is 40.8 Å². The number of hydrogen-bond acceptors (Lipinski definition) is 5. The van der Waals surface area contributed by atoms with E-state index in [-0.39, 0.29) is 18.9 Å². The molecule has 1 aromatic rings. The summed E-state index contributed by atoms with van der Waals surface area (Å²) in [4.78, 5) is 0. The van der Waals surface area contributed by atoms with Crippen LogP contribution in [0.25, 0.3) is 0 Å². The van der Waals surface area contributed by atoms with Crippen LogP contribution in [-0.2, 0) is 13.6 Å². The molecule has 0 aromatic heterocycles. The van der Waals surface area contributed by atoms with Gasteiger partial charge < -0.3 is 14.4 Å². The Bertz CT molecular complexity index is 671. The fourth-order valence-corrected chi connectivity index (χ4v) is 3.62. The normalized spacial score (nSPS) is 13.2. The molecule has 0 aliphatic carbocycles. The number of anilines is 1. The highest BCUT2D eigenvalue weighted by Crippen LogP contribution is 2.58. The van der Waals surface area contributed by atoms with Crippen molar-refractivity contribution in [3.8, 4) is 6.07 Å². The van der Waals surface area contributed by atoms with E-state index in [1.165, 1.54) is 32.0 Å². The molecule has 0 aliphatic heterocycles. The highest BCUT2D eigenvalue weighted by Gasteiger charge is 2.42. The van der Waals surface area contributed by atoms with Crippen LogP contribution in [0.3, 0.4) is 0 Å². The average molecular weight is 379 g/mol. The first-order valence-electron chi connectivity index (χ1n) is 7.12. The summed E-state index contributed by atoms with van der Waals surface area (Å²) in [6.45, 7) is 4.66. The molecule has 5 nitrogen and oxygen atoms in total. The minimum absolute atomic E-state index is 0.0892. The topological polar surface area (TPSA) is 71.3 Å². The van der Waals surface area contributed by atoms with Crippen LogP contribution in [0.1, 0.15) is 19.4 Å². The lowest BCUT2D eigenvalue weighted by molar-refractivity contribution is 0.138. The average Bonchev–Trinajstić information content (AvgIpc) is 2.48. The van der Waals surface area contributed by atoms with Crippen molar-refractivity contribution in [2.45, 2.75) is 26.2 Å². The molecule has 132 valence electrons. The maximum absolute atomic E-state index is 13.9. The number of allylic oxidation sites excluding steroid dienone is 2. The largest absolute Gasteiger partial charge is 0.373 e. The van der Waals surface area contributed by atoms with Gasteiger partial charge >= 0.3 is 13.0 Å². The van der Waals surface area contributed by atoms with E-state index in [4.69, 9.17) is 20.6 Å². The standard InChI is InChI=1S/C15H18ClF2N2O3P/c1-4-22-24(21,23-5-2)13(10-19)14(15(16,17)18)20-12-8-6-11(3)7-9-12/h6-9,20H,4-5H2,1-3H3/b14-13-. The third-order valence-electron chi connectivity index (χ3n) is 2.82. The predicted octanol–water partition coefficient (Wildman–Crippen LogP) is 5.24. The van der Waals surface area contributed by atoms with Crippen molar-refractivity contribution >= 4 is 24.9 Å². The molecule has 0 spiro atoms. The second-order valence-electron chi connectivity index (χ2n) is 4.66. The molecule has 0 saturated carbocycles. The molecule has 1 aromatic carbocycles. The zero-order valence-electron chi connectivity index (χ0n) is 13.5. The zero-order chi connectivity index (χ0) is 18.4. The molecular weight excluding hydrogens is 361 g/mol. The molecule has 0 heterocycles. The number of rotatable bonds is 8. The number of hydrogen-bond donors (Lipinski definition) is 1. The Balaban J connectivity index is 3.47. The summed E-state index contributed by atoms with van der Waals surface area (Å²) in [5, 5.41) is 6.83. The van der Waals surface area contributed by atoms with Gasteiger partial charge in [-0.3, -0.25) is 4.57 Å². The van der Waals surface area contributed by atoms with Gasteiger partial charge in [0.2, 0.25) is 0 Å². The quantitative estimate of drug-likeness (QED) is 0.380. The molecule has 0 saturated heterocycles. The Hall–Kier alpha value is -1.45. The SMILES string of the molecule is CCOP(=O)(OCC)/C(C#N)=C(\Nc1ccc(C)cc1)C(F)(F)Cl. The van der Waals surface area contributed by atoms with Gasteiger partial charge in [-0.1, -0.05) is 17.7 Å². The lowest BCUT2D eigenvalue weighted by Gasteiger charge is -2.22. The second-order valence-corrected chi connectivity index (χ2v) is 7.09. The third-order valence-corrected chi connectivity index (χ3v) is 5.08. The number of alkyl halides is 3. The Kier molecular flexibility index (Phi) is 7.37. The van der Waals surface area contributed by atoms with E-state index < -0.39 is 24.0 Å². The first-order valence-corrected chi connectivity index (χ1v) is 9.05. The van der Waals surface area contributed by atoms with Gasteiger partial charge in [0.05, 0.1) is 13.2 Å². The van der Waals surface area contributed by atoms with Crippen LogP contribution < -0.4 is 5.32 Å². The maximum atomic E-state index is 13.9. The van der Waals surface area contributed by atoms with E-state index in [1.807, 2.05) is 6.92 Å². The summed E-state index contributed by atoms with van der Waals surface area (Å²) < 4.78 is 50.4. The molecule has 0 fully saturated rings. The molecule has 0 bridgehead atoms. The van der Waals surface area contributed by atoms with Gasteiger partial charge in [0.15, 0.2) is 5.31 Å². The van der Waals surface area contributed by atoms with Gasteiger partial charge in [0.25, 0.3) is 0 Å². The first-order chi connectivity index (χ1) is 11.2. The molecule has 0 atom stereocenters. The summed E-state index contributed by atoms with van der Waals surface area (Å²) in [7, 11) is -4.24. The molecule has 24 heavy (non-hydrogen) atoms. The Labute approximate surface area is 144 Å². The van der Waals surface area contributed by atoms with E-state index in [2.05, 4.69) is 5.32 Å². The van der Waals surface area contributed by atoms with Crippen molar-refractivity contribution in [1.82, 2.24) is 0 Å². The molecular formula is C15H18ClF2N2O3P. The summed E-state index contributed by atoms with van der Waals surface area (Å²) >= 11 is 5.12. The number of nitrogens with one attached hydrogen (secondary N) is 1. The third kappa shape index (κ3) is 5.29. The lowest BCUT2D eigenvalue weighted by atomic mass is 10.2. The van der Waals surface area contributed by atoms with E-state index in [0.29, 0.717) is 0 Å². The van der Waals surface area contributed by atoms with Crippen molar-refractivity contribution in [2.75, 3.05) is 18.5 Å². The van der Waals surface area contributed by atoms with Crippen LogP contribution in [0, 0.1) is 18.3 Å². The smallest absolute Gasteiger partial charge is 0.352 e. The van der Waals surface area contributed by atoms with Crippen LogP contribution in [0.5, 0.6) is 0 Å². The maximum Gasteiger partial charge on any atom is 0.373 e. The van der Waals surface area contributed by atoms with Crippen molar-refractivity contribution < 1.29 is 22.4 Å². The zero-order valence-corrected chi connectivity index (χ0v) is 15.1. The van der Waals surface area contributed by atoms with Gasteiger partial charge in [-0.05, 0) is 44.5 Å². The Morgan fingerprint density at radius 2 is 1.79 bits per heavy atom. The van der Waals surface area contributed by atoms with Crippen LogP contribution in [0.2, 0.25) is 0 Å². The van der Waals surface area contributed by atoms with Gasteiger partial charge in [-0.25, -0.2) is 0 Å². The van der Waals surface area contributed by atoms with Gasteiger partial charge in [-0.2, -0.15) is 14.0 Å². The number of halogens is 3. The molecule has 1 N–H and O–H groups in total. The molecule has 0 radical (unpaired) electrons. The molecule has 0 aliphatic rings. The first kappa shape index (κ1) is 20.6. The monoisotopic (exact) mass is 378 g/mol. The highest BCUT2D eigenvalue weighted by molar-refractivity contribution is 7.59.